The molecule has 0 aromatic heterocycles. The van der Waals surface area contributed by atoms with Crippen LogP contribution in [0.2, 0.25) is 0 Å². The van der Waals surface area contributed by atoms with E-state index in [0.717, 1.165) is 5.56 Å². The Kier molecular flexibility index (Phi) is 4.89. The molecule has 0 saturated carbocycles. The Labute approximate surface area is 175 Å². The Morgan fingerprint density at radius 1 is 1.04 bits per heavy atom. The van der Waals surface area contributed by atoms with Gasteiger partial charge in [-0.3, -0.25) is 9.69 Å². The number of para-hydroxylation sites is 1. The molecule has 2 aromatic carbocycles. The molecule has 0 radical (unpaired) electrons. The number of hydrogen-bond acceptors (Lipinski definition) is 4. The molecular formula is C23H22N2OS2. The first-order chi connectivity index (χ1) is 13.4. The predicted octanol–water partition coefficient (Wildman–Crippen LogP) is 5.24. The van der Waals surface area contributed by atoms with Crippen LogP contribution in [-0.2, 0) is 16.8 Å². The molecule has 2 aromatic rings. The Hall–Kier alpha value is -2.37. The summed E-state index contributed by atoms with van der Waals surface area (Å²) in [5.74, 6) is -0.0216. The smallest absolute Gasteiger partial charge is 0.266 e. The van der Waals surface area contributed by atoms with Crippen LogP contribution in [0.4, 0.5) is 5.69 Å². The van der Waals surface area contributed by atoms with Crippen molar-refractivity contribution in [1.29, 1.82) is 0 Å². The molecule has 0 atom stereocenters. The number of fused-ring (bicyclic) bond motifs is 1. The van der Waals surface area contributed by atoms with Gasteiger partial charge >= 0.3 is 0 Å². The number of amides is 1. The second-order valence-corrected chi connectivity index (χ2v) is 9.20. The van der Waals surface area contributed by atoms with Gasteiger partial charge in [-0.1, -0.05) is 86.4 Å². The lowest BCUT2D eigenvalue weighted by Crippen LogP contribution is -2.27. The van der Waals surface area contributed by atoms with E-state index < -0.39 is 0 Å². The third-order valence-corrected chi connectivity index (χ3v) is 6.79. The van der Waals surface area contributed by atoms with Crippen LogP contribution in [0.25, 0.3) is 0 Å². The molecule has 0 spiro atoms. The molecule has 2 aliphatic rings. The van der Waals surface area contributed by atoms with Crippen molar-refractivity contribution in [3.05, 3.63) is 88.5 Å². The first-order valence-corrected chi connectivity index (χ1v) is 10.5. The van der Waals surface area contributed by atoms with E-state index >= 15 is 0 Å². The number of thioether (sulfide) groups is 1. The maximum Gasteiger partial charge on any atom is 0.266 e. The third-order valence-electron chi connectivity index (χ3n) is 5.39. The molecule has 1 amide bonds. The zero-order valence-corrected chi connectivity index (χ0v) is 17.8. The largest absolute Gasteiger partial charge is 0.347 e. The van der Waals surface area contributed by atoms with Crippen molar-refractivity contribution in [2.75, 3.05) is 11.9 Å². The van der Waals surface area contributed by atoms with Gasteiger partial charge in [0, 0.05) is 23.8 Å². The zero-order valence-electron chi connectivity index (χ0n) is 16.2. The van der Waals surface area contributed by atoms with Gasteiger partial charge < -0.3 is 4.90 Å². The van der Waals surface area contributed by atoms with Crippen LogP contribution in [0.3, 0.4) is 0 Å². The van der Waals surface area contributed by atoms with Crippen LogP contribution in [0.1, 0.15) is 25.0 Å². The lowest BCUT2D eigenvalue weighted by molar-refractivity contribution is -0.122. The van der Waals surface area contributed by atoms with Gasteiger partial charge in [-0.25, -0.2) is 0 Å². The number of hydrogen-bond donors (Lipinski definition) is 0. The number of allylic oxidation sites excluding steroid dienone is 3. The summed E-state index contributed by atoms with van der Waals surface area (Å²) in [5, 5.41) is 0. The van der Waals surface area contributed by atoms with Crippen LogP contribution >= 0.6 is 24.0 Å². The van der Waals surface area contributed by atoms with Crippen LogP contribution < -0.4 is 4.90 Å². The first-order valence-electron chi connectivity index (χ1n) is 9.23. The quantitative estimate of drug-likeness (QED) is 0.514. The van der Waals surface area contributed by atoms with Crippen molar-refractivity contribution in [1.82, 2.24) is 4.90 Å². The molecule has 142 valence electrons. The molecular weight excluding hydrogens is 384 g/mol. The summed E-state index contributed by atoms with van der Waals surface area (Å²) in [6.45, 7) is 4.95. The Morgan fingerprint density at radius 3 is 2.43 bits per heavy atom. The predicted molar refractivity (Wildman–Crippen MR) is 121 cm³/mol. The molecule has 1 fully saturated rings. The molecule has 2 heterocycles. The highest BCUT2D eigenvalue weighted by Gasteiger charge is 2.38. The van der Waals surface area contributed by atoms with Crippen LogP contribution in [0.15, 0.2) is 77.4 Å². The molecule has 0 aliphatic carbocycles. The van der Waals surface area contributed by atoms with Gasteiger partial charge in [0.05, 0.1) is 11.4 Å². The number of thiocarbonyl (C=S) groups is 1. The van der Waals surface area contributed by atoms with E-state index in [1.807, 2.05) is 36.4 Å². The summed E-state index contributed by atoms with van der Waals surface area (Å²) in [6.07, 6.45) is 3.98. The lowest BCUT2D eigenvalue weighted by atomic mass is 9.84. The van der Waals surface area contributed by atoms with E-state index in [1.54, 1.807) is 4.90 Å². The molecule has 0 unspecified atom stereocenters. The number of anilines is 1. The van der Waals surface area contributed by atoms with Gasteiger partial charge in [0.25, 0.3) is 5.91 Å². The van der Waals surface area contributed by atoms with E-state index in [2.05, 4.69) is 56.1 Å². The second kappa shape index (κ2) is 7.22. The monoisotopic (exact) mass is 406 g/mol. The minimum absolute atomic E-state index is 0.0216. The molecule has 3 nitrogen and oxygen atoms in total. The van der Waals surface area contributed by atoms with Crippen LogP contribution in [0.5, 0.6) is 0 Å². The van der Waals surface area contributed by atoms with Crippen molar-refractivity contribution in [2.24, 2.45) is 0 Å². The highest BCUT2D eigenvalue weighted by molar-refractivity contribution is 8.26. The first kappa shape index (κ1) is 19.0. The van der Waals surface area contributed by atoms with E-state index in [0.29, 0.717) is 15.8 Å². The second-order valence-electron chi connectivity index (χ2n) is 7.53. The SMILES string of the molecule is CN1/C(=C\C=C2/SC(=S)N(Cc3ccccc3)C2=O)C(C)(C)c2ccccc21. The molecule has 2 aliphatic heterocycles. The number of carbonyl (C=O) groups is 1. The molecule has 4 rings (SSSR count). The average molecular weight is 407 g/mol. The summed E-state index contributed by atoms with van der Waals surface area (Å²) >= 11 is 6.84. The zero-order chi connectivity index (χ0) is 19.9. The van der Waals surface area contributed by atoms with Gasteiger partial charge in [-0.2, -0.15) is 0 Å². The number of benzene rings is 2. The fourth-order valence-electron chi connectivity index (χ4n) is 3.87. The van der Waals surface area contributed by atoms with Gasteiger partial charge in [0.1, 0.15) is 4.32 Å². The van der Waals surface area contributed by atoms with E-state index in [1.165, 1.54) is 28.7 Å². The number of likely N-dealkylation sites (N-methyl/N-ethyl adjacent to an activating group) is 1. The lowest BCUT2D eigenvalue weighted by Gasteiger charge is -2.23. The summed E-state index contributed by atoms with van der Waals surface area (Å²) < 4.78 is 0.612. The summed E-state index contributed by atoms with van der Waals surface area (Å²) in [7, 11) is 2.08. The van der Waals surface area contributed by atoms with Crippen molar-refractivity contribution in [2.45, 2.75) is 25.8 Å². The van der Waals surface area contributed by atoms with E-state index in [-0.39, 0.29) is 11.3 Å². The summed E-state index contributed by atoms with van der Waals surface area (Å²) in [6, 6.07) is 18.4. The number of rotatable bonds is 3. The van der Waals surface area contributed by atoms with Gasteiger partial charge in [0.2, 0.25) is 0 Å². The van der Waals surface area contributed by atoms with Crippen molar-refractivity contribution in [3.8, 4) is 0 Å². The van der Waals surface area contributed by atoms with Gasteiger partial charge in [0.15, 0.2) is 0 Å². The fraction of sp³-hybridized carbons (Fsp3) is 0.217. The van der Waals surface area contributed by atoms with Crippen LogP contribution in [0, 0.1) is 0 Å². The van der Waals surface area contributed by atoms with Crippen molar-refractivity contribution >= 4 is 39.9 Å². The molecule has 0 bridgehead atoms. The summed E-state index contributed by atoms with van der Waals surface area (Å²) in [5.41, 5.74) is 4.64. The van der Waals surface area contributed by atoms with E-state index in [4.69, 9.17) is 12.2 Å². The maximum absolute atomic E-state index is 12.9. The maximum atomic E-state index is 12.9. The minimum atomic E-state index is -0.112. The Balaban J connectivity index is 1.60. The van der Waals surface area contributed by atoms with Crippen molar-refractivity contribution < 1.29 is 4.79 Å². The minimum Gasteiger partial charge on any atom is -0.347 e. The molecule has 1 saturated heterocycles. The average Bonchev–Trinajstić information content (AvgIpc) is 3.06. The highest BCUT2D eigenvalue weighted by atomic mass is 32.2. The van der Waals surface area contributed by atoms with Gasteiger partial charge in [-0.15, -0.1) is 0 Å². The normalized spacial score (nSPS) is 21.1. The number of carbonyl (C=O) groups excluding carboxylic acids is 1. The number of nitrogens with zero attached hydrogens (tertiary/aromatic N) is 2. The van der Waals surface area contributed by atoms with Crippen LogP contribution in [-0.4, -0.2) is 22.2 Å². The van der Waals surface area contributed by atoms with Crippen molar-refractivity contribution in [3.63, 3.8) is 0 Å². The molecule has 28 heavy (non-hydrogen) atoms. The standard InChI is InChI=1S/C23H22N2OS2/c1-23(2)17-11-7-8-12-18(17)24(3)20(23)14-13-19-21(26)25(22(27)28-19)15-16-9-5-4-6-10-16/h4-14H,15H2,1-3H3/b19-13-,20-14-. The molecule has 5 heteroatoms. The Morgan fingerprint density at radius 2 is 1.71 bits per heavy atom. The Bertz CT molecular complexity index is 1010. The highest BCUT2D eigenvalue weighted by Crippen LogP contribution is 2.46. The topological polar surface area (TPSA) is 23.6 Å². The third kappa shape index (κ3) is 3.19. The van der Waals surface area contributed by atoms with E-state index in [9.17, 15) is 4.79 Å². The molecule has 0 N–H and O–H groups in total. The fourth-order valence-corrected chi connectivity index (χ4v) is 5.07. The van der Waals surface area contributed by atoms with Gasteiger partial charge in [-0.05, 0) is 29.3 Å². The summed E-state index contributed by atoms with van der Waals surface area (Å²) in [4.78, 5) is 17.5.